The number of benzene rings is 2. The van der Waals surface area contributed by atoms with Crippen LogP contribution in [0.2, 0.25) is 5.02 Å². The summed E-state index contributed by atoms with van der Waals surface area (Å²) < 4.78 is 42.3. The number of hydrogen-bond acceptors (Lipinski definition) is 5. The lowest BCUT2D eigenvalue weighted by molar-refractivity contribution is 0.157. The predicted octanol–water partition coefficient (Wildman–Crippen LogP) is 5.02. The van der Waals surface area contributed by atoms with Crippen molar-refractivity contribution < 1.29 is 18.4 Å². The molecule has 0 amide bonds. The molecule has 33 heavy (non-hydrogen) atoms. The number of rotatable bonds is 5. The second-order valence-corrected chi connectivity index (χ2v) is 8.78. The van der Waals surface area contributed by atoms with Gasteiger partial charge in [-0.1, -0.05) is 23.7 Å². The lowest BCUT2D eigenvalue weighted by Crippen LogP contribution is -2.43. The van der Waals surface area contributed by atoms with E-state index in [1.165, 1.54) is 12.1 Å². The van der Waals surface area contributed by atoms with Gasteiger partial charge in [-0.3, -0.25) is 0 Å². The number of piperidine rings is 1. The van der Waals surface area contributed by atoms with Gasteiger partial charge in [0.2, 0.25) is 5.95 Å². The average molecular weight is 481 g/mol. The number of H-pyrrole nitrogens is 1. The van der Waals surface area contributed by atoms with Gasteiger partial charge in [0, 0.05) is 23.8 Å². The van der Waals surface area contributed by atoms with Crippen molar-refractivity contribution in [2.75, 3.05) is 30.8 Å². The van der Waals surface area contributed by atoms with Crippen LogP contribution in [-0.2, 0) is 0 Å². The molecule has 0 saturated carbocycles. The van der Waals surface area contributed by atoms with Crippen LogP contribution < -0.4 is 10.6 Å². The van der Waals surface area contributed by atoms with Gasteiger partial charge >= 0.3 is 0 Å². The maximum absolute atomic E-state index is 14.5. The summed E-state index contributed by atoms with van der Waals surface area (Å²) >= 11 is 5.79. The van der Waals surface area contributed by atoms with Gasteiger partial charge in [-0.15, -0.1) is 0 Å². The Kier molecular flexibility index (Phi) is 6.66. The van der Waals surface area contributed by atoms with Gasteiger partial charge in [0.05, 0.1) is 10.5 Å². The van der Waals surface area contributed by atoms with E-state index in [2.05, 4.69) is 44.6 Å². The summed E-state index contributed by atoms with van der Waals surface area (Å²) in [7, 11) is 2.06. The molecule has 2 atom stereocenters. The normalized spacial score (nSPS) is 19.8. The number of fused-ring (bicyclic) bond motifs is 1. The Morgan fingerprint density at radius 2 is 2.09 bits per heavy atom. The molecule has 1 fully saturated rings. The molecule has 4 N–H and O–H groups in total. The molecule has 4 rings (SSSR count). The van der Waals surface area contributed by atoms with E-state index in [1.807, 2.05) is 0 Å². The molecular formula is C22H24ClF3N6O. The van der Waals surface area contributed by atoms with E-state index < -0.39 is 17.5 Å². The first kappa shape index (κ1) is 23.2. The largest absolute Gasteiger partial charge is 0.409 e. The molecule has 176 valence electrons. The van der Waals surface area contributed by atoms with Crippen LogP contribution in [0.1, 0.15) is 25.3 Å². The van der Waals surface area contributed by atoms with E-state index in [0.29, 0.717) is 18.2 Å². The lowest BCUT2D eigenvalue weighted by Gasteiger charge is -2.35. The van der Waals surface area contributed by atoms with Crippen molar-refractivity contribution in [1.29, 1.82) is 0 Å². The fourth-order valence-electron chi connectivity index (χ4n) is 4.05. The van der Waals surface area contributed by atoms with Crippen LogP contribution in [-0.4, -0.2) is 52.1 Å². The minimum absolute atomic E-state index is 0.0378. The Hall–Kier alpha value is -2.98. The Balaban J connectivity index is 1.63. The number of halogens is 4. The predicted molar refractivity (Wildman–Crippen MR) is 123 cm³/mol. The van der Waals surface area contributed by atoms with E-state index in [4.69, 9.17) is 11.6 Å². The smallest absolute Gasteiger partial charge is 0.201 e. The second-order valence-electron chi connectivity index (χ2n) is 8.38. The number of likely N-dealkylation sites (tertiary alicyclic amines) is 1. The number of hydrogen-bond donors (Lipinski definition) is 4. The first-order chi connectivity index (χ1) is 15.8. The molecule has 1 aliphatic rings. The molecule has 2 heterocycles. The summed E-state index contributed by atoms with van der Waals surface area (Å²) in [4.78, 5) is 9.39. The number of anilines is 2. The minimum Gasteiger partial charge on any atom is -0.409 e. The SMILES string of the molecule is CC1CCN(C)C(CNc2nc3c(F)c(F)cc(/C(=N\O)Nc4ccc(F)c(Cl)c4)c3[nH]2)C1. The number of likely N-dealkylation sites (N-methyl/N-ethyl adjacent to an activating group) is 1. The molecule has 11 heteroatoms. The maximum atomic E-state index is 14.5. The van der Waals surface area contributed by atoms with E-state index in [0.717, 1.165) is 31.5 Å². The Bertz CT molecular complexity index is 1200. The van der Waals surface area contributed by atoms with Crippen molar-refractivity contribution in [2.24, 2.45) is 11.1 Å². The minimum atomic E-state index is -1.16. The van der Waals surface area contributed by atoms with Crippen LogP contribution in [0, 0.1) is 23.4 Å². The van der Waals surface area contributed by atoms with Gasteiger partial charge in [-0.05, 0) is 56.6 Å². The molecule has 0 spiro atoms. The van der Waals surface area contributed by atoms with Gasteiger partial charge in [-0.2, -0.15) is 0 Å². The number of nitrogens with one attached hydrogen (secondary N) is 3. The van der Waals surface area contributed by atoms with E-state index in [1.54, 1.807) is 0 Å². The molecule has 1 aliphatic heterocycles. The fraction of sp³-hybridized carbons (Fsp3) is 0.364. The number of aromatic nitrogens is 2. The van der Waals surface area contributed by atoms with E-state index in [-0.39, 0.29) is 39.4 Å². The Labute approximate surface area is 193 Å². The van der Waals surface area contributed by atoms with Gasteiger partial charge in [0.25, 0.3) is 0 Å². The highest BCUT2D eigenvalue weighted by Crippen LogP contribution is 2.27. The number of amidine groups is 1. The van der Waals surface area contributed by atoms with E-state index in [9.17, 15) is 18.4 Å². The number of aromatic amines is 1. The molecule has 1 saturated heterocycles. The summed E-state index contributed by atoms with van der Waals surface area (Å²) in [5, 5.41) is 18.5. The maximum Gasteiger partial charge on any atom is 0.201 e. The van der Waals surface area contributed by atoms with E-state index >= 15 is 0 Å². The molecule has 0 radical (unpaired) electrons. The summed E-state index contributed by atoms with van der Waals surface area (Å²) in [5.74, 6) is -2.22. The van der Waals surface area contributed by atoms with Crippen molar-refractivity contribution in [3.63, 3.8) is 0 Å². The fourth-order valence-corrected chi connectivity index (χ4v) is 4.23. The zero-order valence-corrected chi connectivity index (χ0v) is 18.8. The van der Waals surface area contributed by atoms with Gasteiger partial charge < -0.3 is 25.7 Å². The summed E-state index contributed by atoms with van der Waals surface area (Å²) in [6.45, 7) is 3.78. The molecule has 1 aromatic heterocycles. The summed E-state index contributed by atoms with van der Waals surface area (Å²) in [6.07, 6.45) is 2.16. The topological polar surface area (TPSA) is 88.6 Å². The van der Waals surface area contributed by atoms with Crippen LogP contribution in [0.4, 0.5) is 24.8 Å². The molecule has 2 aromatic carbocycles. The number of imidazole rings is 1. The Morgan fingerprint density at radius 1 is 1.30 bits per heavy atom. The van der Waals surface area contributed by atoms with Gasteiger partial charge in [0.15, 0.2) is 17.5 Å². The molecule has 0 bridgehead atoms. The molecular weight excluding hydrogens is 457 g/mol. The van der Waals surface area contributed by atoms with Gasteiger partial charge in [-0.25, -0.2) is 18.2 Å². The van der Waals surface area contributed by atoms with Crippen LogP contribution >= 0.6 is 11.6 Å². The van der Waals surface area contributed by atoms with Crippen molar-refractivity contribution in [3.8, 4) is 0 Å². The molecule has 2 unspecified atom stereocenters. The lowest BCUT2D eigenvalue weighted by atomic mass is 9.93. The van der Waals surface area contributed by atoms with Gasteiger partial charge in [0.1, 0.15) is 11.3 Å². The molecule has 0 aliphatic carbocycles. The summed E-state index contributed by atoms with van der Waals surface area (Å²) in [5.41, 5.74) is 0.225. The zero-order valence-electron chi connectivity index (χ0n) is 18.1. The summed E-state index contributed by atoms with van der Waals surface area (Å²) in [6, 6.07) is 4.94. The average Bonchev–Trinajstić information content (AvgIpc) is 3.22. The number of oxime groups is 1. The van der Waals surface area contributed by atoms with Crippen molar-refractivity contribution in [1.82, 2.24) is 14.9 Å². The first-order valence-corrected chi connectivity index (χ1v) is 10.9. The van der Waals surface area contributed by atoms with Crippen molar-refractivity contribution in [2.45, 2.75) is 25.8 Å². The molecule has 7 nitrogen and oxygen atoms in total. The third kappa shape index (κ3) is 4.86. The quantitative estimate of drug-likeness (QED) is 0.178. The molecule has 3 aromatic rings. The second kappa shape index (κ2) is 9.48. The first-order valence-electron chi connectivity index (χ1n) is 10.5. The zero-order chi connectivity index (χ0) is 23.7. The third-order valence-corrected chi connectivity index (χ3v) is 6.27. The monoisotopic (exact) mass is 480 g/mol. The highest BCUT2D eigenvalue weighted by Gasteiger charge is 2.24. The third-order valence-electron chi connectivity index (χ3n) is 5.98. The highest BCUT2D eigenvalue weighted by atomic mass is 35.5. The Morgan fingerprint density at radius 3 is 2.82 bits per heavy atom. The number of nitrogens with zero attached hydrogens (tertiary/aromatic N) is 3. The van der Waals surface area contributed by atoms with Crippen molar-refractivity contribution in [3.05, 3.63) is 52.3 Å². The van der Waals surface area contributed by atoms with Crippen molar-refractivity contribution >= 4 is 40.1 Å². The van der Waals surface area contributed by atoms with Crippen LogP contribution in [0.15, 0.2) is 29.4 Å². The van der Waals surface area contributed by atoms with Crippen LogP contribution in [0.3, 0.4) is 0 Å². The standard InChI is InChI=1S/C22H24ClF3N6O/c1-11-5-6-32(2)13(7-11)10-27-22-29-19-14(9-17(25)18(26)20(19)30-22)21(31-33)28-12-3-4-16(24)15(23)8-12/h3-4,8-9,11,13,33H,5-7,10H2,1-2H3,(H,28,31)(H2,27,29,30). The van der Waals surface area contributed by atoms with Crippen LogP contribution in [0.25, 0.3) is 11.0 Å². The highest BCUT2D eigenvalue weighted by molar-refractivity contribution is 6.31. The van der Waals surface area contributed by atoms with Crippen LogP contribution in [0.5, 0.6) is 0 Å².